The number of alkyl halides is 3. The molecule has 0 aliphatic carbocycles. The summed E-state index contributed by atoms with van der Waals surface area (Å²) in [4.78, 5) is 24.4. The second-order valence-corrected chi connectivity index (χ2v) is 4.70. The molecule has 4 nitrogen and oxygen atoms in total. The third kappa shape index (κ3) is 3.04. The first-order valence-corrected chi connectivity index (χ1v) is 6.09. The van der Waals surface area contributed by atoms with Crippen molar-refractivity contribution in [2.45, 2.75) is 6.18 Å². The molecule has 108 valence electrons. The van der Waals surface area contributed by atoms with E-state index in [1.807, 2.05) is 0 Å². The van der Waals surface area contributed by atoms with Gasteiger partial charge in [0.2, 0.25) is 5.91 Å². The maximum absolute atomic E-state index is 12.9. The van der Waals surface area contributed by atoms with E-state index in [0.717, 1.165) is 11.0 Å². The van der Waals surface area contributed by atoms with Gasteiger partial charge in [-0.05, 0) is 18.2 Å². The van der Waals surface area contributed by atoms with Crippen LogP contribution in [0.25, 0.3) is 0 Å². The normalized spacial score (nSPS) is 16.0. The largest absolute Gasteiger partial charge is 0.417 e. The van der Waals surface area contributed by atoms with Gasteiger partial charge in [0.05, 0.1) is 17.7 Å². The number of rotatable bonds is 1. The summed E-state index contributed by atoms with van der Waals surface area (Å²) >= 11 is 5.55. The van der Waals surface area contributed by atoms with E-state index in [1.54, 1.807) is 0 Å². The van der Waals surface area contributed by atoms with Crippen LogP contribution in [-0.4, -0.2) is 36.3 Å². The molecule has 1 saturated heterocycles. The van der Waals surface area contributed by atoms with Crippen molar-refractivity contribution in [1.82, 2.24) is 10.2 Å². The molecule has 1 aromatic rings. The predicted molar refractivity (Wildman–Crippen MR) is 65.4 cm³/mol. The predicted octanol–water partition coefficient (Wildman–Crippen LogP) is 1.93. The van der Waals surface area contributed by atoms with Gasteiger partial charge in [-0.3, -0.25) is 9.59 Å². The van der Waals surface area contributed by atoms with Gasteiger partial charge in [0.25, 0.3) is 5.91 Å². The molecule has 1 aliphatic heterocycles. The van der Waals surface area contributed by atoms with Crippen LogP contribution in [0.2, 0.25) is 5.02 Å². The second-order valence-electron chi connectivity index (χ2n) is 4.26. The van der Waals surface area contributed by atoms with Gasteiger partial charge in [-0.15, -0.1) is 0 Å². The van der Waals surface area contributed by atoms with E-state index in [1.165, 1.54) is 6.07 Å². The zero-order valence-corrected chi connectivity index (χ0v) is 10.9. The molecule has 0 saturated carbocycles. The number of nitrogens with zero attached hydrogens (tertiary/aromatic N) is 1. The highest BCUT2D eigenvalue weighted by atomic mass is 35.5. The highest BCUT2D eigenvalue weighted by Crippen LogP contribution is 2.34. The lowest BCUT2D eigenvalue weighted by Crippen LogP contribution is -2.50. The van der Waals surface area contributed by atoms with Gasteiger partial charge >= 0.3 is 6.18 Å². The highest BCUT2D eigenvalue weighted by molar-refractivity contribution is 6.30. The average molecular weight is 307 g/mol. The smallest absolute Gasteiger partial charge is 0.353 e. The van der Waals surface area contributed by atoms with E-state index in [2.05, 4.69) is 5.32 Å². The number of benzene rings is 1. The second kappa shape index (κ2) is 5.32. The van der Waals surface area contributed by atoms with Gasteiger partial charge in [-0.2, -0.15) is 13.2 Å². The van der Waals surface area contributed by atoms with Crippen molar-refractivity contribution in [3.63, 3.8) is 0 Å². The molecule has 1 aromatic carbocycles. The van der Waals surface area contributed by atoms with E-state index < -0.39 is 29.1 Å². The number of piperazine rings is 1. The fraction of sp³-hybridized carbons (Fsp3) is 0.333. The van der Waals surface area contributed by atoms with Crippen molar-refractivity contribution in [2.24, 2.45) is 0 Å². The molecule has 0 unspecified atom stereocenters. The van der Waals surface area contributed by atoms with E-state index in [9.17, 15) is 22.8 Å². The standard InChI is InChI=1S/C12H10ClF3N2O2/c13-7-1-2-8(9(5-7)12(14,15)16)11(20)18-4-3-17-10(19)6-18/h1-2,5H,3-4,6H2,(H,17,19). The van der Waals surface area contributed by atoms with Crippen LogP contribution in [0, 0.1) is 0 Å². The van der Waals surface area contributed by atoms with Gasteiger partial charge in [0, 0.05) is 18.1 Å². The third-order valence-electron chi connectivity index (χ3n) is 2.84. The molecule has 1 heterocycles. The molecule has 0 spiro atoms. The molecule has 0 aromatic heterocycles. The molecule has 0 bridgehead atoms. The lowest BCUT2D eigenvalue weighted by Gasteiger charge is -2.27. The summed E-state index contributed by atoms with van der Waals surface area (Å²) in [5, 5.41) is 2.39. The fourth-order valence-corrected chi connectivity index (χ4v) is 2.09. The summed E-state index contributed by atoms with van der Waals surface area (Å²) in [6.45, 7) is 0.142. The van der Waals surface area contributed by atoms with Crippen molar-refractivity contribution >= 4 is 23.4 Å². The van der Waals surface area contributed by atoms with Crippen LogP contribution < -0.4 is 5.32 Å². The van der Waals surface area contributed by atoms with Crippen LogP contribution >= 0.6 is 11.6 Å². The van der Waals surface area contributed by atoms with Crippen LogP contribution in [0.1, 0.15) is 15.9 Å². The molecular formula is C12H10ClF3N2O2. The Morgan fingerprint density at radius 1 is 1.35 bits per heavy atom. The summed E-state index contributed by atoms with van der Waals surface area (Å²) in [5.74, 6) is -1.23. The van der Waals surface area contributed by atoms with Crippen molar-refractivity contribution < 1.29 is 22.8 Å². The van der Waals surface area contributed by atoms with Crippen LogP contribution in [0.15, 0.2) is 18.2 Å². The van der Waals surface area contributed by atoms with Crippen LogP contribution in [0.4, 0.5) is 13.2 Å². The van der Waals surface area contributed by atoms with Gasteiger partial charge in [0.15, 0.2) is 0 Å². The Bertz CT molecular complexity index is 560. The van der Waals surface area contributed by atoms with E-state index in [4.69, 9.17) is 11.6 Å². The van der Waals surface area contributed by atoms with Gasteiger partial charge in [-0.1, -0.05) is 11.6 Å². The fourth-order valence-electron chi connectivity index (χ4n) is 1.92. The third-order valence-corrected chi connectivity index (χ3v) is 3.08. The molecule has 2 amide bonds. The molecule has 8 heteroatoms. The number of carbonyl (C=O) groups is 2. The topological polar surface area (TPSA) is 49.4 Å². The van der Waals surface area contributed by atoms with Crippen LogP contribution in [0.3, 0.4) is 0 Å². The SMILES string of the molecule is O=C1CN(C(=O)c2ccc(Cl)cc2C(F)(F)F)CCN1. The zero-order chi connectivity index (χ0) is 14.9. The number of halogens is 4. The molecule has 1 aliphatic rings. The number of nitrogens with one attached hydrogen (secondary N) is 1. The van der Waals surface area contributed by atoms with Crippen LogP contribution in [0.5, 0.6) is 0 Å². The maximum Gasteiger partial charge on any atom is 0.417 e. The van der Waals surface area contributed by atoms with E-state index in [-0.39, 0.29) is 24.7 Å². The summed E-state index contributed by atoms with van der Waals surface area (Å²) in [7, 11) is 0. The Labute approximate surface area is 117 Å². The molecule has 20 heavy (non-hydrogen) atoms. The Morgan fingerprint density at radius 3 is 2.65 bits per heavy atom. The monoisotopic (exact) mass is 306 g/mol. The lowest BCUT2D eigenvalue weighted by molar-refractivity contribution is -0.138. The highest BCUT2D eigenvalue weighted by Gasteiger charge is 2.37. The first kappa shape index (κ1) is 14.6. The summed E-state index contributed by atoms with van der Waals surface area (Å²) < 4.78 is 38.8. The number of hydrogen-bond acceptors (Lipinski definition) is 2. The lowest BCUT2D eigenvalue weighted by atomic mass is 10.1. The van der Waals surface area contributed by atoms with E-state index >= 15 is 0 Å². The first-order valence-electron chi connectivity index (χ1n) is 5.72. The molecule has 1 fully saturated rings. The molecular weight excluding hydrogens is 297 g/mol. The summed E-state index contributed by atoms with van der Waals surface area (Å²) in [5.41, 5.74) is -1.60. The number of carbonyl (C=O) groups excluding carboxylic acids is 2. The minimum atomic E-state index is -4.69. The van der Waals surface area contributed by atoms with Crippen molar-refractivity contribution in [2.75, 3.05) is 19.6 Å². The number of amides is 2. The molecule has 0 radical (unpaired) electrons. The molecule has 2 rings (SSSR count). The van der Waals surface area contributed by atoms with Crippen LogP contribution in [-0.2, 0) is 11.0 Å². The summed E-state index contributed by atoms with van der Waals surface area (Å²) in [6.07, 6.45) is -4.69. The minimum absolute atomic E-state index is 0.106. The van der Waals surface area contributed by atoms with Crippen molar-refractivity contribution in [1.29, 1.82) is 0 Å². The summed E-state index contributed by atoms with van der Waals surface area (Å²) in [6, 6.07) is 2.95. The quantitative estimate of drug-likeness (QED) is 0.862. The Kier molecular flexibility index (Phi) is 3.89. The molecule has 1 N–H and O–H groups in total. The Morgan fingerprint density at radius 2 is 2.05 bits per heavy atom. The van der Waals surface area contributed by atoms with Crippen molar-refractivity contribution in [3.05, 3.63) is 34.3 Å². The number of hydrogen-bond donors (Lipinski definition) is 1. The average Bonchev–Trinajstić information content (AvgIpc) is 2.37. The zero-order valence-electron chi connectivity index (χ0n) is 10.1. The van der Waals surface area contributed by atoms with Crippen molar-refractivity contribution in [3.8, 4) is 0 Å². The Hall–Kier alpha value is -1.76. The molecule has 0 atom stereocenters. The first-order chi connectivity index (χ1) is 9.29. The van der Waals surface area contributed by atoms with Gasteiger partial charge < -0.3 is 10.2 Å². The minimum Gasteiger partial charge on any atom is -0.353 e. The van der Waals surface area contributed by atoms with Gasteiger partial charge in [0.1, 0.15) is 0 Å². The van der Waals surface area contributed by atoms with Gasteiger partial charge in [-0.25, -0.2) is 0 Å². The Balaban J connectivity index is 2.37. The maximum atomic E-state index is 12.9. The van der Waals surface area contributed by atoms with E-state index in [0.29, 0.717) is 6.07 Å².